The van der Waals surface area contributed by atoms with E-state index in [2.05, 4.69) is 34.1 Å². The predicted molar refractivity (Wildman–Crippen MR) is 156 cm³/mol. The number of esters is 1. The van der Waals surface area contributed by atoms with E-state index in [9.17, 15) is 9.59 Å². The fourth-order valence-corrected chi connectivity index (χ4v) is 4.67. The van der Waals surface area contributed by atoms with Crippen LogP contribution in [0.15, 0.2) is 103 Å². The summed E-state index contributed by atoms with van der Waals surface area (Å²) >= 11 is 0. The summed E-state index contributed by atoms with van der Waals surface area (Å²) in [4.78, 5) is 25.0. The van der Waals surface area contributed by atoms with Gasteiger partial charge in [-0.05, 0) is 84.6 Å². The SMILES string of the molecule is CCOC(=O)c1cccc(-c2ccc(Cn3ccc4cc(C(=O)N[C@@H](C)c5ccc(N)cc5)ccc43)cc2)c1. The van der Waals surface area contributed by atoms with E-state index in [1.807, 2.05) is 79.9 Å². The van der Waals surface area contributed by atoms with Crippen LogP contribution >= 0.6 is 0 Å². The fourth-order valence-electron chi connectivity index (χ4n) is 4.67. The number of carbonyl (C=O) groups is 2. The van der Waals surface area contributed by atoms with Crippen LogP contribution in [0.3, 0.4) is 0 Å². The number of nitrogens with one attached hydrogen (secondary N) is 1. The van der Waals surface area contributed by atoms with E-state index in [0.29, 0.717) is 30.0 Å². The minimum Gasteiger partial charge on any atom is -0.462 e. The number of carbonyl (C=O) groups excluding carboxylic acids is 2. The van der Waals surface area contributed by atoms with E-state index >= 15 is 0 Å². The highest BCUT2D eigenvalue weighted by molar-refractivity contribution is 5.98. The molecular formula is C33H31N3O3. The lowest BCUT2D eigenvalue weighted by Gasteiger charge is -2.15. The van der Waals surface area contributed by atoms with Gasteiger partial charge in [-0.3, -0.25) is 4.79 Å². The van der Waals surface area contributed by atoms with Crippen LogP contribution in [0.5, 0.6) is 0 Å². The van der Waals surface area contributed by atoms with Crippen molar-refractivity contribution in [3.05, 3.63) is 126 Å². The maximum absolute atomic E-state index is 12.9. The summed E-state index contributed by atoms with van der Waals surface area (Å²) in [5.41, 5.74) is 12.9. The lowest BCUT2D eigenvalue weighted by Crippen LogP contribution is -2.26. The van der Waals surface area contributed by atoms with Gasteiger partial charge in [-0.25, -0.2) is 4.79 Å². The molecule has 0 saturated heterocycles. The summed E-state index contributed by atoms with van der Waals surface area (Å²) in [7, 11) is 0. The third-order valence-corrected chi connectivity index (χ3v) is 6.83. The predicted octanol–water partition coefficient (Wildman–Crippen LogP) is 6.61. The molecule has 196 valence electrons. The molecule has 1 aromatic heterocycles. The van der Waals surface area contributed by atoms with Crippen molar-refractivity contribution in [3.63, 3.8) is 0 Å². The topological polar surface area (TPSA) is 86.3 Å². The second kappa shape index (κ2) is 11.3. The molecule has 6 nitrogen and oxygen atoms in total. The van der Waals surface area contributed by atoms with Crippen LogP contribution in [0, 0.1) is 0 Å². The van der Waals surface area contributed by atoms with Crippen molar-refractivity contribution in [1.29, 1.82) is 0 Å². The Morgan fingerprint density at radius 2 is 1.64 bits per heavy atom. The Balaban J connectivity index is 1.27. The van der Waals surface area contributed by atoms with Gasteiger partial charge in [0.1, 0.15) is 0 Å². The van der Waals surface area contributed by atoms with E-state index in [4.69, 9.17) is 10.5 Å². The lowest BCUT2D eigenvalue weighted by molar-refractivity contribution is 0.0526. The third-order valence-electron chi connectivity index (χ3n) is 6.83. The molecule has 3 N–H and O–H groups in total. The number of nitrogens with zero attached hydrogens (tertiary/aromatic N) is 1. The van der Waals surface area contributed by atoms with Gasteiger partial charge in [-0.1, -0.05) is 48.5 Å². The zero-order chi connectivity index (χ0) is 27.4. The van der Waals surface area contributed by atoms with Crippen molar-refractivity contribution in [3.8, 4) is 11.1 Å². The van der Waals surface area contributed by atoms with Gasteiger partial charge < -0.3 is 20.4 Å². The van der Waals surface area contributed by atoms with Gasteiger partial charge in [0, 0.05) is 34.9 Å². The maximum Gasteiger partial charge on any atom is 0.338 e. The Morgan fingerprint density at radius 3 is 2.38 bits per heavy atom. The number of nitrogen functional groups attached to an aromatic ring is 1. The van der Waals surface area contributed by atoms with E-state index in [1.165, 1.54) is 0 Å². The van der Waals surface area contributed by atoms with E-state index in [-0.39, 0.29) is 17.9 Å². The van der Waals surface area contributed by atoms with Gasteiger partial charge in [0.2, 0.25) is 0 Å². The van der Waals surface area contributed by atoms with Crippen LogP contribution in [0.25, 0.3) is 22.0 Å². The van der Waals surface area contributed by atoms with Crippen molar-refractivity contribution in [2.45, 2.75) is 26.4 Å². The first-order valence-corrected chi connectivity index (χ1v) is 13.0. The summed E-state index contributed by atoms with van der Waals surface area (Å²) in [6.07, 6.45) is 2.04. The van der Waals surface area contributed by atoms with Crippen LogP contribution in [0.2, 0.25) is 0 Å². The summed E-state index contributed by atoms with van der Waals surface area (Å²) in [6, 6.07) is 31.0. The Hall–Kier alpha value is -4.84. The van der Waals surface area contributed by atoms with E-state index in [1.54, 1.807) is 13.0 Å². The molecule has 5 aromatic rings. The highest BCUT2D eigenvalue weighted by Gasteiger charge is 2.13. The van der Waals surface area contributed by atoms with Crippen molar-refractivity contribution in [1.82, 2.24) is 9.88 Å². The molecule has 5 rings (SSSR count). The molecule has 39 heavy (non-hydrogen) atoms. The highest BCUT2D eigenvalue weighted by Crippen LogP contribution is 2.24. The van der Waals surface area contributed by atoms with Gasteiger partial charge in [0.15, 0.2) is 0 Å². The smallest absolute Gasteiger partial charge is 0.338 e. The second-order valence-corrected chi connectivity index (χ2v) is 9.58. The molecular weight excluding hydrogens is 486 g/mol. The normalized spacial score (nSPS) is 11.7. The largest absolute Gasteiger partial charge is 0.462 e. The summed E-state index contributed by atoms with van der Waals surface area (Å²) in [6.45, 7) is 4.81. The Labute approximate surface area is 228 Å². The summed E-state index contributed by atoms with van der Waals surface area (Å²) < 4.78 is 7.29. The lowest BCUT2D eigenvalue weighted by atomic mass is 10.0. The van der Waals surface area contributed by atoms with E-state index < -0.39 is 0 Å². The van der Waals surface area contributed by atoms with Gasteiger partial charge in [-0.15, -0.1) is 0 Å². The molecule has 0 unspecified atom stereocenters. The van der Waals surface area contributed by atoms with Crippen molar-refractivity contribution < 1.29 is 14.3 Å². The summed E-state index contributed by atoms with van der Waals surface area (Å²) in [5.74, 6) is -0.427. The minimum absolute atomic E-state index is 0.114. The molecule has 0 saturated carbocycles. The first-order chi connectivity index (χ1) is 18.9. The van der Waals surface area contributed by atoms with Crippen molar-refractivity contribution >= 4 is 28.5 Å². The molecule has 6 heteroatoms. The standard InChI is InChI=1S/C33H31N3O3/c1-3-39-33(38)29-6-4-5-26(19-29)25-9-7-23(8-10-25)21-36-18-17-27-20-28(13-16-31(27)36)32(37)35-22(2)24-11-14-30(34)15-12-24/h4-20,22H,3,21,34H2,1-2H3,(H,35,37)/t22-/m0/s1. The average molecular weight is 518 g/mol. The third kappa shape index (κ3) is 5.85. The Morgan fingerprint density at radius 1 is 0.872 bits per heavy atom. The Bertz CT molecular complexity index is 1620. The van der Waals surface area contributed by atoms with Crippen LogP contribution in [-0.4, -0.2) is 23.1 Å². The van der Waals surface area contributed by atoms with Crippen LogP contribution in [0.1, 0.15) is 51.7 Å². The maximum atomic E-state index is 12.9. The second-order valence-electron chi connectivity index (χ2n) is 9.58. The average Bonchev–Trinajstić information content (AvgIpc) is 3.35. The first-order valence-electron chi connectivity index (χ1n) is 13.0. The number of hydrogen-bond donors (Lipinski definition) is 2. The van der Waals surface area contributed by atoms with Gasteiger partial charge in [0.05, 0.1) is 18.2 Å². The number of benzene rings is 4. The molecule has 1 amide bonds. The Kier molecular flexibility index (Phi) is 7.46. The molecule has 0 fully saturated rings. The number of hydrogen-bond acceptors (Lipinski definition) is 4. The van der Waals surface area contributed by atoms with Gasteiger partial charge in [0.25, 0.3) is 5.91 Å². The number of rotatable bonds is 8. The highest BCUT2D eigenvalue weighted by atomic mass is 16.5. The van der Waals surface area contributed by atoms with E-state index in [0.717, 1.165) is 33.2 Å². The summed E-state index contributed by atoms with van der Waals surface area (Å²) in [5, 5.41) is 4.08. The molecule has 0 spiro atoms. The molecule has 1 heterocycles. The molecule has 0 radical (unpaired) electrons. The number of nitrogens with two attached hydrogens (primary N) is 1. The molecule has 4 aromatic carbocycles. The molecule has 0 bridgehead atoms. The fraction of sp³-hybridized carbons (Fsp3) is 0.152. The molecule has 0 aliphatic rings. The monoisotopic (exact) mass is 517 g/mol. The number of anilines is 1. The van der Waals surface area contributed by atoms with Crippen LogP contribution < -0.4 is 11.1 Å². The molecule has 1 atom stereocenters. The van der Waals surface area contributed by atoms with Crippen molar-refractivity contribution in [2.24, 2.45) is 0 Å². The molecule has 0 aliphatic heterocycles. The van der Waals surface area contributed by atoms with Gasteiger partial charge in [-0.2, -0.15) is 0 Å². The van der Waals surface area contributed by atoms with Crippen LogP contribution in [0.4, 0.5) is 5.69 Å². The zero-order valence-corrected chi connectivity index (χ0v) is 22.1. The minimum atomic E-state index is -0.313. The van der Waals surface area contributed by atoms with Crippen molar-refractivity contribution in [2.75, 3.05) is 12.3 Å². The zero-order valence-electron chi connectivity index (χ0n) is 22.1. The van der Waals surface area contributed by atoms with Gasteiger partial charge >= 0.3 is 5.97 Å². The first kappa shape index (κ1) is 25.8. The number of aromatic nitrogens is 1. The number of ether oxygens (including phenoxy) is 1. The number of amides is 1. The number of fused-ring (bicyclic) bond motifs is 1. The quantitative estimate of drug-likeness (QED) is 0.179. The van der Waals surface area contributed by atoms with Crippen LogP contribution in [-0.2, 0) is 11.3 Å². The molecule has 0 aliphatic carbocycles.